The monoisotopic (exact) mass is 243 g/mol. The molecule has 0 atom stereocenters. The molecule has 1 aliphatic rings. The largest absolute Gasteiger partial charge is 0.353 e. The Morgan fingerprint density at radius 2 is 1.88 bits per heavy atom. The summed E-state index contributed by atoms with van der Waals surface area (Å²) in [4.78, 5) is 11.6. The van der Waals surface area contributed by atoms with Crippen LogP contribution in [0.4, 0.5) is 0 Å². The third-order valence-corrected chi connectivity index (χ3v) is 3.30. The Hall–Kier alpha value is -0.500. The van der Waals surface area contributed by atoms with Crippen LogP contribution in [0.15, 0.2) is 12.2 Å². The number of carbonyl (C=O) groups excluding carboxylic acids is 1. The van der Waals surface area contributed by atoms with Crippen LogP contribution in [-0.4, -0.2) is 18.3 Å². The van der Waals surface area contributed by atoms with Crippen molar-refractivity contribution in [1.82, 2.24) is 5.32 Å². The van der Waals surface area contributed by atoms with E-state index < -0.39 is 0 Å². The fourth-order valence-corrected chi connectivity index (χ4v) is 2.35. The van der Waals surface area contributed by atoms with Crippen molar-refractivity contribution in [2.45, 2.75) is 44.9 Å². The summed E-state index contributed by atoms with van der Waals surface area (Å²) >= 11 is 5.49. The third kappa shape index (κ3) is 6.16. The highest BCUT2D eigenvalue weighted by Crippen LogP contribution is 2.25. The van der Waals surface area contributed by atoms with Gasteiger partial charge >= 0.3 is 0 Å². The minimum atomic E-state index is 0.186. The highest BCUT2D eigenvalue weighted by molar-refractivity contribution is 6.18. The average Bonchev–Trinajstić information content (AvgIpc) is 2.53. The maximum Gasteiger partial charge on any atom is 0.220 e. The zero-order valence-electron chi connectivity index (χ0n) is 9.88. The van der Waals surface area contributed by atoms with Crippen molar-refractivity contribution in [1.29, 1.82) is 0 Å². The number of halogens is 1. The van der Waals surface area contributed by atoms with Gasteiger partial charge in [-0.1, -0.05) is 37.8 Å². The van der Waals surface area contributed by atoms with Gasteiger partial charge in [0.25, 0.3) is 0 Å². The van der Waals surface area contributed by atoms with Crippen LogP contribution >= 0.6 is 11.6 Å². The minimum absolute atomic E-state index is 0.186. The van der Waals surface area contributed by atoms with Crippen molar-refractivity contribution < 1.29 is 4.79 Å². The van der Waals surface area contributed by atoms with E-state index >= 15 is 0 Å². The zero-order valence-corrected chi connectivity index (χ0v) is 10.6. The second-order valence-electron chi connectivity index (χ2n) is 4.49. The van der Waals surface area contributed by atoms with Gasteiger partial charge in [0.1, 0.15) is 0 Å². The van der Waals surface area contributed by atoms with Crippen molar-refractivity contribution in [3.63, 3.8) is 0 Å². The molecule has 0 heterocycles. The SMILES string of the molecule is O=C(CC1CCCCCC1)NC/C=C/CCl. The molecule has 0 aromatic carbocycles. The van der Waals surface area contributed by atoms with Gasteiger partial charge in [0.05, 0.1) is 0 Å². The summed E-state index contributed by atoms with van der Waals surface area (Å²) in [6.45, 7) is 0.609. The summed E-state index contributed by atoms with van der Waals surface area (Å²) in [7, 11) is 0. The number of rotatable bonds is 5. The summed E-state index contributed by atoms with van der Waals surface area (Å²) in [6, 6.07) is 0. The van der Waals surface area contributed by atoms with E-state index in [0.717, 1.165) is 0 Å². The molecule has 1 saturated carbocycles. The zero-order chi connectivity index (χ0) is 11.6. The van der Waals surface area contributed by atoms with E-state index in [1.807, 2.05) is 12.2 Å². The van der Waals surface area contributed by atoms with E-state index in [1.165, 1.54) is 38.5 Å². The molecule has 1 rings (SSSR count). The Morgan fingerprint density at radius 3 is 2.50 bits per heavy atom. The lowest BCUT2D eigenvalue weighted by Crippen LogP contribution is -2.25. The minimum Gasteiger partial charge on any atom is -0.353 e. The predicted octanol–water partition coefficient (Wildman–Crippen LogP) is 3.26. The van der Waals surface area contributed by atoms with Crippen LogP contribution in [0.2, 0.25) is 0 Å². The Kier molecular flexibility index (Phi) is 7.32. The van der Waals surface area contributed by atoms with Gasteiger partial charge in [0, 0.05) is 18.8 Å². The lowest BCUT2D eigenvalue weighted by Gasteiger charge is -2.12. The van der Waals surface area contributed by atoms with Gasteiger partial charge in [-0.15, -0.1) is 11.6 Å². The molecule has 2 nitrogen and oxygen atoms in total. The summed E-state index contributed by atoms with van der Waals surface area (Å²) in [6.07, 6.45) is 12.2. The second kappa shape index (κ2) is 8.63. The molecule has 0 aromatic rings. The van der Waals surface area contributed by atoms with Crippen molar-refractivity contribution in [2.75, 3.05) is 12.4 Å². The first-order valence-corrected chi connectivity index (χ1v) is 6.84. The van der Waals surface area contributed by atoms with Gasteiger partial charge in [-0.05, 0) is 18.8 Å². The Balaban J connectivity index is 2.14. The summed E-state index contributed by atoms with van der Waals surface area (Å²) in [5.41, 5.74) is 0. The summed E-state index contributed by atoms with van der Waals surface area (Å²) in [5.74, 6) is 1.31. The first-order valence-electron chi connectivity index (χ1n) is 6.30. The van der Waals surface area contributed by atoms with E-state index in [1.54, 1.807) is 0 Å². The number of nitrogens with one attached hydrogen (secondary N) is 1. The van der Waals surface area contributed by atoms with Crippen LogP contribution in [-0.2, 0) is 4.79 Å². The summed E-state index contributed by atoms with van der Waals surface area (Å²) < 4.78 is 0. The van der Waals surface area contributed by atoms with Crippen molar-refractivity contribution in [2.24, 2.45) is 5.92 Å². The van der Waals surface area contributed by atoms with Crippen molar-refractivity contribution >= 4 is 17.5 Å². The van der Waals surface area contributed by atoms with Gasteiger partial charge in [-0.25, -0.2) is 0 Å². The molecular weight excluding hydrogens is 222 g/mol. The molecule has 0 aromatic heterocycles. The molecule has 1 N–H and O–H groups in total. The smallest absolute Gasteiger partial charge is 0.220 e. The molecule has 0 bridgehead atoms. The molecule has 16 heavy (non-hydrogen) atoms. The van der Waals surface area contributed by atoms with Gasteiger partial charge in [0.2, 0.25) is 5.91 Å². The van der Waals surface area contributed by atoms with Crippen molar-refractivity contribution in [3.05, 3.63) is 12.2 Å². The second-order valence-corrected chi connectivity index (χ2v) is 4.80. The number of hydrogen-bond acceptors (Lipinski definition) is 1. The topological polar surface area (TPSA) is 29.1 Å². The highest BCUT2D eigenvalue weighted by atomic mass is 35.5. The molecule has 3 heteroatoms. The molecule has 0 spiro atoms. The van der Waals surface area contributed by atoms with Crippen LogP contribution < -0.4 is 5.32 Å². The molecule has 1 aliphatic carbocycles. The van der Waals surface area contributed by atoms with Crippen molar-refractivity contribution in [3.8, 4) is 0 Å². The van der Waals surface area contributed by atoms with E-state index in [-0.39, 0.29) is 5.91 Å². The fraction of sp³-hybridized carbons (Fsp3) is 0.769. The van der Waals surface area contributed by atoms with E-state index in [9.17, 15) is 4.79 Å². The predicted molar refractivity (Wildman–Crippen MR) is 68.7 cm³/mol. The molecule has 0 saturated heterocycles. The Labute approximate surface area is 103 Å². The Bertz CT molecular complexity index is 220. The van der Waals surface area contributed by atoms with Gasteiger partial charge in [-0.3, -0.25) is 4.79 Å². The molecular formula is C13H22ClNO. The quantitative estimate of drug-likeness (QED) is 0.448. The molecule has 92 valence electrons. The molecule has 0 unspecified atom stereocenters. The first-order chi connectivity index (χ1) is 7.83. The number of allylic oxidation sites excluding steroid dienone is 1. The fourth-order valence-electron chi connectivity index (χ4n) is 2.22. The van der Waals surface area contributed by atoms with Crippen LogP contribution in [0.5, 0.6) is 0 Å². The van der Waals surface area contributed by atoms with Crippen LogP contribution in [0.25, 0.3) is 0 Å². The van der Waals surface area contributed by atoms with Gasteiger partial charge in [-0.2, -0.15) is 0 Å². The number of amides is 1. The van der Waals surface area contributed by atoms with Crippen LogP contribution in [0.1, 0.15) is 44.9 Å². The van der Waals surface area contributed by atoms with E-state index in [0.29, 0.717) is 24.8 Å². The number of alkyl halides is 1. The lowest BCUT2D eigenvalue weighted by atomic mass is 9.96. The Morgan fingerprint density at radius 1 is 1.19 bits per heavy atom. The van der Waals surface area contributed by atoms with Crippen LogP contribution in [0.3, 0.4) is 0 Å². The van der Waals surface area contributed by atoms with Gasteiger partial charge in [0.15, 0.2) is 0 Å². The molecule has 1 amide bonds. The first kappa shape index (κ1) is 13.6. The average molecular weight is 244 g/mol. The molecule has 0 radical (unpaired) electrons. The molecule has 0 aliphatic heterocycles. The third-order valence-electron chi connectivity index (χ3n) is 3.12. The van der Waals surface area contributed by atoms with E-state index in [4.69, 9.17) is 11.6 Å². The maximum absolute atomic E-state index is 11.6. The number of hydrogen-bond donors (Lipinski definition) is 1. The normalized spacial score (nSPS) is 18.6. The summed E-state index contributed by atoms with van der Waals surface area (Å²) in [5, 5.41) is 2.90. The van der Waals surface area contributed by atoms with Gasteiger partial charge < -0.3 is 5.32 Å². The molecule has 1 fully saturated rings. The number of carbonyl (C=O) groups is 1. The highest BCUT2D eigenvalue weighted by Gasteiger charge is 2.15. The standard InChI is InChI=1S/C13H22ClNO/c14-9-5-6-10-15-13(16)11-12-7-3-1-2-4-8-12/h5-6,12H,1-4,7-11H2,(H,15,16)/b6-5+. The maximum atomic E-state index is 11.6. The van der Waals surface area contributed by atoms with Crippen LogP contribution in [0, 0.1) is 5.92 Å². The lowest BCUT2D eigenvalue weighted by molar-refractivity contribution is -0.121. The van der Waals surface area contributed by atoms with E-state index in [2.05, 4.69) is 5.32 Å².